The fraction of sp³-hybridized carbons (Fsp3) is 0.227. The van der Waals surface area contributed by atoms with Crippen LogP contribution in [0.15, 0.2) is 53.8 Å². The zero-order chi connectivity index (χ0) is 20.7. The van der Waals surface area contributed by atoms with Gasteiger partial charge in [-0.1, -0.05) is 0 Å². The predicted molar refractivity (Wildman–Crippen MR) is 115 cm³/mol. The molecule has 1 aliphatic rings. The van der Waals surface area contributed by atoms with Crippen molar-refractivity contribution < 1.29 is 0 Å². The molecule has 1 aliphatic heterocycles. The summed E-state index contributed by atoms with van der Waals surface area (Å²) in [6.45, 7) is 5.52. The number of pyridine rings is 2. The van der Waals surface area contributed by atoms with Crippen LogP contribution in [0.5, 0.6) is 0 Å². The first-order chi connectivity index (χ1) is 14.6. The number of nitrogens with one attached hydrogen (secondary N) is 1. The molecule has 8 nitrogen and oxygen atoms in total. The van der Waals surface area contributed by atoms with E-state index in [1.807, 2.05) is 38.4 Å². The van der Waals surface area contributed by atoms with E-state index < -0.39 is 0 Å². The van der Waals surface area contributed by atoms with E-state index in [4.69, 9.17) is 0 Å². The lowest BCUT2D eigenvalue weighted by molar-refractivity contribution is 0.686. The lowest BCUT2D eigenvalue weighted by Gasteiger charge is -2.30. The molecule has 30 heavy (non-hydrogen) atoms. The fourth-order valence-corrected chi connectivity index (χ4v) is 3.78. The third-order valence-corrected chi connectivity index (χ3v) is 5.40. The topological polar surface area (TPSA) is 88.3 Å². The molecule has 0 unspecified atom stereocenters. The second kappa shape index (κ2) is 7.22. The van der Waals surface area contributed by atoms with Crippen LogP contribution in [0.4, 0.5) is 17.2 Å². The molecule has 4 aromatic rings. The molecule has 0 bridgehead atoms. The number of hydrogen-bond donors (Lipinski definition) is 1. The standard InChI is InChI=1S/C22H21N7O/c1-14-3-6-23-12-19(14)26-17-10-16-13-28(8-5-18(16)25-11-17)22-15(2)9-20-24-7-4-21(30)29(20)27-22/h3-4,6-7,9-12,26H,5,8,13H2,1-2H3. The Labute approximate surface area is 173 Å². The molecule has 4 aromatic heterocycles. The van der Waals surface area contributed by atoms with Crippen molar-refractivity contribution in [3.05, 3.63) is 81.8 Å². The van der Waals surface area contributed by atoms with E-state index >= 15 is 0 Å². The van der Waals surface area contributed by atoms with Crippen LogP contribution in [0.2, 0.25) is 0 Å². The Kier molecular flexibility index (Phi) is 4.39. The van der Waals surface area contributed by atoms with Gasteiger partial charge in [-0.3, -0.25) is 14.8 Å². The van der Waals surface area contributed by atoms with Crippen LogP contribution in [0.1, 0.15) is 22.4 Å². The zero-order valence-corrected chi connectivity index (χ0v) is 16.8. The Balaban J connectivity index is 1.47. The molecule has 0 saturated heterocycles. The number of rotatable bonds is 3. The maximum Gasteiger partial charge on any atom is 0.274 e. The Morgan fingerprint density at radius 3 is 2.80 bits per heavy atom. The highest BCUT2D eigenvalue weighted by atomic mass is 16.1. The summed E-state index contributed by atoms with van der Waals surface area (Å²) >= 11 is 0. The summed E-state index contributed by atoms with van der Waals surface area (Å²) in [5.41, 5.74) is 6.62. The monoisotopic (exact) mass is 399 g/mol. The molecule has 0 spiro atoms. The highest BCUT2D eigenvalue weighted by Gasteiger charge is 2.21. The van der Waals surface area contributed by atoms with E-state index in [0.29, 0.717) is 12.2 Å². The minimum atomic E-state index is -0.182. The molecule has 0 radical (unpaired) electrons. The molecule has 5 heterocycles. The van der Waals surface area contributed by atoms with Crippen LogP contribution in [0.25, 0.3) is 5.65 Å². The molecule has 0 saturated carbocycles. The highest BCUT2D eigenvalue weighted by molar-refractivity contribution is 5.62. The van der Waals surface area contributed by atoms with Crippen molar-refractivity contribution in [3.8, 4) is 0 Å². The van der Waals surface area contributed by atoms with Gasteiger partial charge in [-0.05, 0) is 48.7 Å². The van der Waals surface area contributed by atoms with Gasteiger partial charge >= 0.3 is 0 Å². The Morgan fingerprint density at radius 1 is 1.03 bits per heavy atom. The molecule has 0 fully saturated rings. The average molecular weight is 399 g/mol. The number of aryl methyl sites for hydroxylation is 2. The molecule has 5 rings (SSSR count). The summed E-state index contributed by atoms with van der Waals surface area (Å²) in [6, 6.07) is 7.43. The third kappa shape index (κ3) is 3.26. The maximum atomic E-state index is 12.2. The summed E-state index contributed by atoms with van der Waals surface area (Å²) in [6.07, 6.45) is 7.80. The van der Waals surface area contributed by atoms with Crippen LogP contribution in [0.3, 0.4) is 0 Å². The minimum Gasteiger partial charge on any atom is -0.353 e. The number of nitrogens with zero attached hydrogens (tertiary/aromatic N) is 6. The molecule has 0 atom stereocenters. The van der Waals surface area contributed by atoms with E-state index in [0.717, 1.165) is 52.5 Å². The Bertz CT molecular complexity index is 1310. The molecular weight excluding hydrogens is 378 g/mol. The number of aromatic nitrogens is 5. The van der Waals surface area contributed by atoms with Crippen LogP contribution in [0, 0.1) is 13.8 Å². The summed E-state index contributed by atoms with van der Waals surface area (Å²) < 4.78 is 1.36. The van der Waals surface area contributed by atoms with Gasteiger partial charge in [-0.2, -0.15) is 4.52 Å². The van der Waals surface area contributed by atoms with Crippen LogP contribution >= 0.6 is 0 Å². The first-order valence-electron chi connectivity index (χ1n) is 9.84. The van der Waals surface area contributed by atoms with Crippen LogP contribution in [-0.2, 0) is 13.0 Å². The molecule has 0 amide bonds. The smallest absolute Gasteiger partial charge is 0.274 e. The van der Waals surface area contributed by atoms with Crippen molar-refractivity contribution in [3.63, 3.8) is 0 Å². The minimum absolute atomic E-state index is 0.182. The molecule has 1 N–H and O–H groups in total. The van der Waals surface area contributed by atoms with Crippen LogP contribution in [-0.4, -0.2) is 31.1 Å². The zero-order valence-electron chi connectivity index (χ0n) is 16.8. The van der Waals surface area contributed by atoms with Crippen LogP contribution < -0.4 is 15.8 Å². The second-order valence-electron chi connectivity index (χ2n) is 7.52. The van der Waals surface area contributed by atoms with Gasteiger partial charge in [-0.25, -0.2) is 4.98 Å². The van der Waals surface area contributed by atoms with Crippen molar-refractivity contribution in [2.24, 2.45) is 0 Å². The largest absolute Gasteiger partial charge is 0.353 e. The fourth-order valence-electron chi connectivity index (χ4n) is 3.78. The predicted octanol–water partition coefficient (Wildman–Crippen LogP) is 2.80. The Morgan fingerprint density at radius 2 is 1.93 bits per heavy atom. The first kappa shape index (κ1) is 18.2. The number of fused-ring (bicyclic) bond motifs is 2. The third-order valence-electron chi connectivity index (χ3n) is 5.40. The van der Waals surface area contributed by atoms with Crippen molar-refractivity contribution in [2.75, 3.05) is 16.8 Å². The quantitative estimate of drug-likeness (QED) is 0.567. The SMILES string of the molecule is Cc1ccncc1Nc1cnc2c(c1)CN(c1nn3c(=O)ccnc3cc1C)CC2. The van der Waals surface area contributed by atoms with E-state index in [1.165, 1.54) is 16.8 Å². The van der Waals surface area contributed by atoms with Crippen molar-refractivity contribution >= 4 is 22.8 Å². The second-order valence-corrected chi connectivity index (χ2v) is 7.52. The maximum absolute atomic E-state index is 12.2. The number of hydrogen-bond acceptors (Lipinski definition) is 7. The number of anilines is 3. The summed E-state index contributed by atoms with van der Waals surface area (Å²) in [5, 5.41) is 8.00. The van der Waals surface area contributed by atoms with Gasteiger partial charge in [0.2, 0.25) is 0 Å². The van der Waals surface area contributed by atoms with Gasteiger partial charge < -0.3 is 10.2 Å². The van der Waals surface area contributed by atoms with Gasteiger partial charge in [0.1, 0.15) is 0 Å². The van der Waals surface area contributed by atoms with Gasteiger partial charge in [0, 0.05) is 43.7 Å². The van der Waals surface area contributed by atoms with Gasteiger partial charge in [0.05, 0.1) is 23.8 Å². The molecule has 8 heteroatoms. The van der Waals surface area contributed by atoms with E-state index in [1.54, 1.807) is 6.20 Å². The first-order valence-corrected chi connectivity index (χ1v) is 9.84. The normalized spacial score (nSPS) is 13.3. The summed E-state index contributed by atoms with van der Waals surface area (Å²) in [7, 11) is 0. The molecule has 0 aromatic carbocycles. The lowest BCUT2D eigenvalue weighted by atomic mass is 10.0. The molecular formula is C22H21N7O. The highest BCUT2D eigenvalue weighted by Crippen LogP contribution is 2.27. The van der Waals surface area contributed by atoms with Gasteiger partial charge in [0.25, 0.3) is 5.56 Å². The van der Waals surface area contributed by atoms with Gasteiger partial charge in [-0.15, -0.1) is 5.10 Å². The summed E-state index contributed by atoms with van der Waals surface area (Å²) in [5.74, 6) is 0.796. The molecule has 150 valence electrons. The average Bonchev–Trinajstić information content (AvgIpc) is 2.75. The van der Waals surface area contributed by atoms with E-state index in [-0.39, 0.29) is 5.56 Å². The summed E-state index contributed by atoms with van der Waals surface area (Å²) in [4.78, 5) is 27.5. The van der Waals surface area contributed by atoms with Crippen molar-refractivity contribution in [1.29, 1.82) is 0 Å². The van der Waals surface area contributed by atoms with Crippen molar-refractivity contribution in [1.82, 2.24) is 24.6 Å². The lowest BCUT2D eigenvalue weighted by Crippen LogP contribution is -2.33. The molecule has 0 aliphatic carbocycles. The van der Waals surface area contributed by atoms with Crippen molar-refractivity contribution in [2.45, 2.75) is 26.8 Å². The Hall–Kier alpha value is -3.81. The van der Waals surface area contributed by atoms with Gasteiger partial charge in [0.15, 0.2) is 11.5 Å². The van der Waals surface area contributed by atoms with E-state index in [2.05, 4.69) is 36.3 Å². The van der Waals surface area contributed by atoms with E-state index in [9.17, 15) is 4.79 Å².